The van der Waals surface area contributed by atoms with Crippen LogP contribution in [0.1, 0.15) is 0 Å². The maximum atomic E-state index is 5.71. The van der Waals surface area contributed by atoms with Crippen molar-refractivity contribution in [2.75, 3.05) is 36.3 Å². The van der Waals surface area contributed by atoms with Gasteiger partial charge < -0.3 is 15.5 Å². The Labute approximate surface area is 70.8 Å². The van der Waals surface area contributed by atoms with E-state index in [0.717, 1.165) is 18.2 Å². The molecule has 1 aromatic rings. The number of nitrogens with zero attached hydrogens (tertiary/aromatic N) is 4. The number of fused-ring (bicyclic) bond motifs is 1. The van der Waals surface area contributed by atoms with E-state index in [1.807, 2.05) is 23.9 Å². The molecule has 5 nitrogen and oxygen atoms in total. The van der Waals surface area contributed by atoms with Crippen molar-refractivity contribution < 1.29 is 0 Å². The third-order valence-corrected chi connectivity index (χ3v) is 2.00. The Morgan fingerprint density at radius 2 is 2.08 bits per heavy atom. The zero-order valence-electron chi connectivity index (χ0n) is 7.15. The molecule has 0 bridgehead atoms. The average Bonchev–Trinajstić information content (AvgIpc) is 2.29. The molecule has 0 radical (unpaired) electrons. The molecule has 0 saturated heterocycles. The summed E-state index contributed by atoms with van der Waals surface area (Å²) in [5, 5.41) is 0. The van der Waals surface area contributed by atoms with Crippen molar-refractivity contribution in [2.24, 2.45) is 0 Å². The van der Waals surface area contributed by atoms with Gasteiger partial charge in [0.25, 0.3) is 0 Å². The molecule has 2 heterocycles. The van der Waals surface area contributed by atoms with Gasteiger partial charge >= 0.3 is 0 Å². The average molecular weight is 165 g/mol. The first-order chi connectivity index (χ1) is 5.70. The molecule has 2 rings (SSSR count). The Hall–Kier alpha value is -1.52. The molecule has 0 amide bonds. The van der Waals surface area contributed by atoms with Crippen LogP contribution in [-0.4, -0.2) is 30.7 Å². The second kappa shape index (κ2) is 2.23. The Morgan fingerprint density at radius 1 is 1.33 bits per heavy atom. The summed E-state index contributed by atoms with van der Waals surface area (Å²) in [5.41, 5.74) is 6.64. The lowest BCUT2D eigenvalue weighted by Crippen LogP contribution is -2.24. The van der Waals surface area contributed by atoms with Crippen molar-refractivity contribution in [1.29, 1.82) is 0 Å². The fraction of sp³-hybridized carbons (Fsp3) is 0.429. The van der Waals surface area contributed by atoms with Crippen LogP contribution in [0.25, 0.3) is 0 Å². The Balaban J connectivity index is 2.59. The van der Waals surface area contributed by atoms with Crippen molar-refractivity contribution in [3.05, 3.63) is 6.33 Å². The topological polar surface area (TPSA) is 58.3 Å². The molecule has 5 heteroatoms. The second-order valence-corrected chi connectivity index (χ2v) is 2.97. The first-order valence-electron chi connectivity index (χ1n) is 3.73. The van der Waals surface area contributed by atoms with Crippen LogP contribution in [0.15, 0.2) is 6.33 Å². The highest BCUT2D eigenvalue weighted by Crippen LogP contribution is 2.34. The highest BCUT2D eigenvalue weighted by molar-refractivity contribution is 5.80. The van der Waals surface area contributed by atoms with Gasteiger partial charge in [-0.15, -0.1) is 0 Å². The summed E-state index contributed by atoms with van der Waals surface area (Å²) in [6.45, 7) is 0.818. The lowest BCUT2D eigenvalue weighted by atomic mass is 10.4. The van der Waals surface area contributed by atoms with Crippen molar-refractivity contribution in [3.8, 4) is 0 Å². The minimum absolute atomic E-state index is 0.548. The van der Waals surface area contributed by atoms with E-state index in [1.165, 1.54) is 6.33 Å². The first kappa shape index (κ1) is 7.15. The van der Waals surface area contributed by atoms with E-state index in [9.17, 15) is 0 Å². The van der Waals surface area contributed by atoms with Crippen molar-refractivity contribution in [1.82, 2.24) is 9.97 Å². The summed E-state index contributed by atoms with van der Waals surface area (Å²) in [7, 11) is 3.96. The maximum Gasteiger partial charge on any atom is 0.159 e. The van der Waals surface area contributed by atoms with Crippen molar-refractivity contribution >= 4 is 17.3 Å². The predicted octanol–water partition coefficient (Wildman–Crippen LogP) is -0.0977. The van der Waals surface area contributed by atoms with Crippen LogP contribution in [0.2, 0.25) is 0 Å². The molecular formula is C7H11N5. The largest absolute Gasteiger partial charge is 0.382 e. The van der Waals surface area contributed by atoms with E-state index in [4.69, 9.17) is 5.73 Å². The molecule has 0 fully saturated rings. The molecule has 0 spiro atoms. The minimum atomic E-state index is 0.548. The van der Waals surface area contributed by atoms with E-state index in [2.05, 4.69) is 9.97 Å². The third kappa shape index (κ3) is 0.792. The lowest BCUT2D eigenvalue weighted by molar-refractivity contribution is 0.908. The highest BCUT2D eigenvalue weighted by Gasteiger charge is 2.24. The first-order valence-corrected chi connectivity index (χ1v) is 3.73. The SMILES string of the molecule is CN1CN(C)c2c(N)ncnc21. The van der Waals surface area contributed by atoms with Gasteiger partial charge in [0, 0.05) is 14.1 Å². The molecule has 0 saturated carbocycles. The number of nitrogen functional groups attached to an aromatic ring is 1. The molecule has 64 valence electrons. The van der Waals surface area contributed by atoms with Gasteiger partial charge in [0.1, 0.15) is 12.0 Å². The summed E-state index contributed by atoms with van der Waals surface area (Å²) in [5.74, 6) is 1.46. The number of nitrogens with two attached hydrogens (primary N) is 1. The molecule has 0 unspecified atom stereocenters. The minimum Gasteiger partial charge on any atom is -0.382 e. The fourth-order valence-corrected chi connectivity index (χ4v) is 1.48. The number of hydrogen-bond acceptors (Lipinski definition) is 5. The van der Waals surface area contributed by atoms with Crippen LogP contribution >= 0.6 is 0 Å². The number of aromatic nitrogens is 2. The van der Waals surface area contributed by atoms with Gasteiger partial charge in [0.15, 0.2) is 11.6 Å². The quantitative estimate of drug-likeness (QED) is 0.582. The zero-order valence-corrected chi connectivity index (χ0v) is 7.15. The molecule has 0 aliphatic carbocycles. The standard InChI is InChI=1S/C7H11N5/c1-11-4-12(2)7-5(11)6(8)9-3-10-7/h3H,4H2,1-2H3,(H2,8,9,10). The smallest absolute Gasteiger partial charge is 0.159 e. The van der Waals surface area contributed by atoms with Crippen molar-refractivity contribution in [3.63, 3.8) is 0 Å². The number of hydrogen-bond donors (Lipinski definition) is 1. The van der Waals surface area contributed by atoms with Crippen LogP contribution in [0, 0.1) is 0 Å². The van der Waals surface area contributed by atoms with Crippen molar-refractivity contribution in [2.45, 2.75) is 0 Å². The fourth-order valence-electron chi connectivity index (χ4n) is 1.48. The van der Waals surface area contributed by atoms with Gasteiger partial charge in [-0.2, -0.15) is 0 Å². The predicted molar refractivity (Wildman–Crippen MR) is 48.1 cm³/mol. The van der Waals surface area contributed by atoms with E-state index < -0.39 is 0 Å². The Morgan fingerprint density at radius 3 is 2.75 bits per heavy atom. The van der Waals surface area contributed by atoms with Gasteiger partial charge in [0.05, 0.1) is 6.67 Å². The molecule has 12 heavy (non-hydrogen) atoms. The number of anilines is 3. The van der Waals surface area contributed by atoms with Crippen LogP contribution in [0.3, 0.4) is 0 Å². The van der Waals surface area contributed by atoms with Crippen LogP contribution in [0.4, 0.5) is 17.3 Å². The highest BCUT2D eigenvalue weighted by atomic mass is 15.4. The second-order valence-electron chi connectivity index (χ2n) is 2.97. The van der Waals surface area contributed by atoms with Crippen LogP contribution in [0.5, 0.6) is 0 Å². The van der Waals surface area contributed by atoms with Gasteiger partial charge in [-0.25, -0.2) is 9.97 Å². The molecular weight excluding hydrogens is 154 g/mol. The maximum absolute atomic E-state index is 5.71. The van der Waals surface area contributed by atoms with Crippen LogP contribution < -0.4 is 15.5 Å². The normalized spacial score (nSPS) is 15.2. The molecule has 1 aliphatic heterocycles. The van der Waals surface area contributed by atoms with Gasteiger partial charge in [-0.05, 0) is 0 Å². The lowest BCUT2D eigenvalue weighted by Gasteiger charge is -2.11. The zero-order chi connectivity index (χ0) is 8.72. The molecule has 0 aromatic carbocycles. The molecule has 1 aliphatic rings. The molecule has 0 atom stereocenters. The van der Waals surface area contributed by atoms with E-state index in [-0.39, 0.29) is 0 Å². The third-order valence-electron chi connectivity index (χ3n) is 2.00. The summed E-state index contributed by atoms with van der Waals surface area (Å²) in [4.78, 5) is 12.1. The van der Waals surface area contributed by atoms with Crippen LogP contribution in [-0.2, 0) is 0 Å². The van der Waals surface area contributed by atoms with E-state index >= 15 is 0 Å². The molecule has 2 N–H and O–H groups in total. The van der Waals surface area contributed by atoms with Gasteiger partial charge in [0.2, 0.25) is 0 Å². The van der Waals surface area contributed by atoms with Gasteiger partial charge in [-0.1, -0.05) is 0 Å². The van der Waals surface area contributed by atoms with E-state index in [0.29, 0.717) is 5.82 Å². The Kier molecular flexibility index (Phi) is 1.33. The Bertz CT molecular complexity index is 311. The summed E-state index contributed by atoms with van der Waals surface area (Å²) in [6, 6.07) is 0. The number of rotatable bonds is 0. The van der Waals surface area contributed by atoms with E-state index in [1.54, 1.807) is 0 Å². The summed E-state index contributed by atoms with van der Waals surface area (Å²) >= 11 is 0. The summed E-state index contributed by atoms with van der Waals surface area (Å²) < 4.78 is 0. The van der Waals surface area contributed by atoms with Gasteiger partial charge in [-0.3, -0.25) is 0 Å². The monoisotopic (exact) mass is 165 g/mol. The molecule has 1 aromatic heterocycles. The summed E-state index contributed by atoms with van der Waals surface area (Å²) in [6.07, 6.45) is 1.49.